The minimum absolute atomic E-state index is 0.0545. The van der Waals surface area contributed by atoms with Gasteiger partial charge in [-0.2, -0.15) is 0 Å². The van der Waals surface area contributed by atoms with Gasteiger partial charge in [0.2, 0.25) is 11.7 Å². The highest BCUT2D eigenvalue weighted by atomic mass is 19.2. The molecule has 30 heavy (non-hydrogen) atoms. The van der Waals surface area contributed by atoms with Crippen LogP contribution in [0.2, 0.25) is 0 Å². The molecule has 0 atom stereocenters. The molecule has 0 N–H and O–H groups in total. The topological polar surface area (TPSA) is 23.6 Å². The van der Waals surface area contributed by atoms with E-state index in [4.69, 9.17) is 0 Å². The fraction of sp³-hybridized carbons (Fsp3) is 0.318. The second-order valence-electron chi connectivity index (χ2n) is 7.39. The molecule has 1 aliphatic heterocycles. The van der Waals surface area contributed by atoms with E-state index in [1.165, 1.54) is 16.5 Å². The quantitative estimate of drug-likeness (QED) is 0.303. The molecule has 160 valence electrons. The van der Waals surface area contributed by atoms with Crippen LogP contribution in [0.4, 0.5) is 27.6 Å². The molecule has 2 aromatic rings. The summed E-state index contributed by atoms with van der Waals surface area (Å²) in [6, 6.07) is 7.77. The highest BCUT2D eigenvalue weighted by Crippen LogP contribution is 2.30. The molecule has 0 radical (unpaired) electrons. The monoisotopic (exact) mass is 424 g/mol. The van der Waals surface area contributed by atoms with Crippen LogP contribution in [0.15, 0.2) is 30.3 Å². The zero-order chi connectivity index (χ0) is 22.0. The summed E-state index contributed by atoms with van der Waals surface area (Å²) in [5.41, 5.74) is 1.08. The summed E-state index contributed by atoms with van der Waals surface area (Å²) in [6.07, 6.45) is 3.07. The lowest BCUT2D eigenvalue weighted by atomic mass is 10.0. The number of nitrogens with zero attached hydrogens (tertiary/aromatic N) is 2. The Morgan fingerprint density at radius 3 is 1.83 bits per heavy atom. The summed E-state index contributed by atoms with van der Waals surface area (Å²) >= 11 is 0. The average molecular weight is 424 g/mol. The molecule has 1 saturated heterocycles. The Labute approximate surface area is 171 Å². The third kappa shape index (κ3) is 4.32. The summed E-state index contributed by atoms with van der Waals surface area (Å²) in [7, 11) is 0. The maximum atomic E-state index is 14.0. The van der Waals surface area contributed by atoms with Gasteiger partial charge in [-0.05, 0) is 23.1 Å². The van der Waals surface area contributed by atoms with Crippen molar-refractivity contribution in [2.75, 3.05) is 31.1 Å². The van der Waals surface area contributed by atoms with Gasteiger partial charge in [0.25, 0.3) is 0 Å². The molecule has 1 heterocycles. The number of amides is 1. The Kier molecular flexibility index (Phi) is 6.43. The van der Waals surface area contributed by atoms with Gasteiger partial charge in [0.1, 0.15) is 5.69 Å². The largest absolute Gasteiger partial charge is 0.363 e. The fourth-order valence-corrected chi connectivity index (χ4v) is 3.29. The van der Waals surface area contributed by atoms with Crippen LogP contribution in [0, 0.1) is 29.1 Å². The molecule has 0 aliphatic carbocycles. The second-order valence-corrected chi connectivity index (χ2v) is 7.39. The molecule has 3 nitrogen and oxygen atoms in total. The van der Waals surface area contributed by atoms with E-state index >= 15 is 0 Å². The van der Waals surface area contributed by atoms with Crippen molar-refractivity contribution in [3.63, 3.8) is 0 Å². The van der Waals surface area contributed by atoms with Crippen molar-refractivity contribution in [1.82, 2.24) is 4.90 Å². The molecule has 1 amide bonds. The van der Waals surface area contributed by atoms with Crippen LogP contribution in [0.5, 0.6) is 0 Å². The molecule has 8 heteroatoms. The molecule has 0 saturated carbocycles. The Bertz CT molecular complexity index is 935. The van der Waals surface area contributed by atoms with Crippen molar-refractivity contribution in [3.05, 3.63) is 70.6 Å². The predicted molar refractivity (Wildman–Crippen MR) is 105 cm³/mol. The molecule has 3 rings (SSSR count). The number of benzene rings is 2. The van der Waals surface area contributed by atoms with Gasteiger partial charge in [0, 0.05) is 32.3 Å². The van der Waals surface area contributed by atoms with E-state index in [9.17, 15) is 26.7 Å². The summed E-state index contributed by atoms with van der Waals surface area (Å²) in [5, 5.41) is 0. The van der Waals surface area contributed by atoms with Crippen LogP contribution in [0.3, 0.4) is 0 Å². The first-order valence-corrected chi connectivity index (χ1v) is 9.54. The number of rotatable bonds is 4. The number of hydrogen-bond acceptors (Lipinski definition) is 2. The first-order chi connectivity index (χ1) is 14.2. The SMILES string of the molecule is CC(C)c1ccc(C=CC(=O)N2CCN(c3c(F)c(F)c(F)c(F)c3F)CC2)cc1. The second kappa shape index (κ2) is 8.85. The van der Waals surface area contributed by atoms with E-state index in [0.29, 0.717) is 5.92 Å². The van der Waals surface area contributed by atoms with E-state index in [-0.39, 0.29) is 32.1 Å². The molecule has 0 spiro atoms. The number of carbonyl (C=O) groups is 1. The Morgan fingerprint density at radius 2 is 1.33 bits per heavy atom. The van der Waals surface area contributed by atoms with Gasteiger partial charge in [-0.15, -0.1) is 0 Å². The fourth-order valence-electron chi connectivity index (χ4n) is 3.29. The summed E-state index contributed by atoms with van der Waals surface area (Å²) in [4.78, 5) is 14.9. The van der Waals surface area contributed by atoms with Crippen molar-refractivity contribution in [2.24, 2.45) is 0 Å². The third-order valence-electron chi connectivity index (χ3n) is 5.12. The molecule has 1 aliphatic rings. The van der Waals surface area contributed by atoms with Crippen molar-refractivity contribution >= 4 is 17.7 Å². The molecular weight excluding hydrogens is 403 g/mol. The average Bonchev–Trinajstić information content (AvgIpc) is 2.75. The number of hydrogen-bond donors (Lipinski definition) is 0. The predicted octanol–water partition coefficient (Wildman–Crippen LogP) is 4.87. The highest BCUT2D eigenvalue weighted by Gasteiger charge is 2.31. The first-order valence-electron chi connectivity index (χ1n) is 9.54. The van der Waals surface area contributed by atoms with Gasteiger partial charge in [-0.25, -0.2) is 22.0 Å². The normalized spacial score (nSPS) is 14.8. The summed E-state index contributed by atoms with van der Waals surface area (Å²) in [6.45, 7) is 4.24. The lowest BCUT2D eigenvalue weighted by molar-refractivity contribution is -0.126. The summed E-state index contributed by atoms with van der Waals surface area (Å²) < 4.78 is 68.0. The van der Waals surface area contributed by atoms with Crippen LogP contribution in [-0.4, -0.2) is 37.0 Å². The minimum atomic E-state index is -2.19. The zero-order valence-corrected chi connectivity index (χ0v) is 16.6. The standard InChI is InChI=1S/C22H21F5N2O/c1-13(2)15-6-3-14(4-7-15)5-8-16(30)28-9-11-29(12-10-28)22-20(26)18(24)17(23)19(25)21(22)27/h3-8,13H,9-12H2,1-2H3. The minimum Gasteiger partial charge on any atom is -0.363 e. The third-order valence-corrected chi connectivity index (χ3v) is 5.12. The van der Waals surface area contributed by atoms with Crippen molar-refractivity contribution < 1.29 is 26.7 Å². The molecule has 1 fully saturated rings. The van der Waals surface area contributed by atoms with Crippen LogP contribution in [0.1, 0.15) is 30.9 Å². The Balaban J connectivity index is 1.65. The first kappa shape index (κ1) is 21.8. The lowest BCUT2D eigenvalue weighted by Crippen LogP contribution is -2.49. The zero-order valence-electron chi connectivity index (χ0n) is 16.6. The molecule has 0 bridgehead atoms. The summed E-state index contributed by atoms with van der Waals surface area (Å²) in [5.74, 6) is -9.76. The lowest BCUT2D eigenvalue weighted by Gasteiger charge is -2.36. The smallest absolute Gasteiger partial charge is 0.246 e. The molecule has 0 unspecified atom stereocenters. The number of piperazine rings is 1. The van der Waals surface area contributed by atoms with Gasteiger partial charge in [-0.1, -0.05) is 38.1 Å². The van der Waals surface area contributed by atoms with Crippen molar-refractivity contribution in [1.29, 1.82) is 0 Å². The maximum absolute atomic E-state index is 14.0. The van der Waals surface area contributed by atoms with Crippen molar-refractivity contribution in [2.45, 2.75) is 19.8 Å². The van der Waals surface area contributed by atoms with Crippen LogP contribution in [-0.2, 0) is 4.79 Å². The van der Waals surface area contributed by atoms with E-state index in [1.807, 2.05) is 24.3 Å². The van der Waals surface area contributed by atoms with E-state index < -0.39 is 34.8 Å². The molecule has 0 aromatic heterocycles. The van der Waals surface area contributed by atoms with Crippen LogP contribution >= 0.6 is 0 Å². The number of carbonyl (C=O) groups excluding carboxylic acids is 1. The Hall–Kier alpha value is -2.90. The Morgan fingerprint density at radius 1 is 0.833 bits per heavy atom. The van der Waals surface area contributed by atoms with Gasteiger partial charge >= 0.3 is 0 Å². The number of anilines is 1. The van der Waals surface area contributed by atoms with Gasteiger partial charge in [0.15, 0.2) is 23.3 Å². The van der Waals surface area contributed by atoms with E-state index in [0.717, 1.165) is 10.5 Å². The van der Waals surface area contributed by atoms with Crippen LogP contribution in [0.25, 0.3) is 6.08 Å². The van der Waals surface area contributed by atoms with Crippen LogP contribution < -0.4 is 4.90 Å². The van der Waals surface area contributed by atoms with Gasteiger partial charge in [0.05, 0.1) is 0 Å². The number of halogens is 5. The van der Waals surface area contributed by atoms with E-state index in [2.05, 4.69) is 13.8 Å². The van der Waals surface area contributed by atoms with Gasteiger partial charge in [-0.3, -0.25) is 4.79 Å². The van der Waals surface area contributed by atoms with E-state index in [1.54, 1.807) is 6.08 Å². The highest BCUT2D eigenvalue weighted by molar-refractivity contribution is 5.92. The van der Waals surface area contributed by atoms with Crippen molar-refractivity contribution in [3.8, 4) is 0 Å². The maximum Gasteiger partial charge on any atom is 0.246 e. The molecule has 2 aromatic carbocycles. The van der Waals surface area contributed by atoms with Gasteiger partial charge < -0.3 is 9.80 Å². The molecular formula is C22H21F5N2O.